The van der Waals surface area contributed by atoms with Gasteiger partial charge >= 0.3 is 0 Å². The maximum absolute atomic E-state index is 6.92. The highest BCUT2D eigenvalue weighted by molar-refractivity contribution is 6.35. The van der Waals surface area contributed by atoms with Gasteiger partial charge in [-0.05, 0) is 89.9 Å². The molecule has 8 atom stereocenters. The Kier molecular flexibility index (Phi) is 15.1. The van der Waals surface area contributed by atoms with Crippen molar-refractivity contribution in [3.8, 4) is 0 Å². The van der Waals surface area contributed by atoms with Gasteiger partial charge in [-0.25, -0.2) is 0 Å². The Hall–Kier alpha value is -0.135. The molecule has 5 nitrogen and oxygen atoms in total. The van der Waals surface area contributed by atoms with Crippen LogP contribution < -0.4 is 11.4 Å². The molecule has 6 heteroatoms. The summed E-state index contributed by atoms with van der Waals surface area (Å²) in [5.74, 6) is 0.629. The van der Waals surface area contributed by atoms with Gasteiger partial charge in [-0.2, -0.15) is 0 Å². The van der Waals surface area contributed by atoms with Crippen LogP contribution in [0.1, 0.15) is 142 Å². The molecule has 228 valence electrons. The van der Waals surface area contributed by atoms with Crippen LogP contribution in [0.2, 0.25) is 0 Å². The third-order valence-corrected chi connectivity index (χ3v) is 11.9. The van der Waals surface area contributed by atoms with Gasteiger partial charge in [0.05, 0.1) is 23.3 Å². The molecule has 4 N–H and O–H groups in total. The fourth-order valence-electron chi connectivity index (χ4n) is 5.60. The van der Waals surface area contributed by atoms with E-state index in [0.29, 0.717) is 39.1 Å². The Balaban J connectivity index is 5.65. The van der Waals surface area contributed by atoms with E-state index in [-0.39, 0.29) is 33.1 Å². The lowest BCUT2D eigenvalue weighted by Gasteiger charge is -2.51. The molecule has 0 rings (SSSR count). The Morgan fingerprint density at radius 1 is 0.632 bits per heavy atom. The van der Waals surface area contributed by atoms with Crippen molar-refractivity contribution < 1.29 is 14.2 Å². The van der Waals surface area contributed by atoms with Gasteiger partial charge in [-0.15, -0.1) is 0 Å². The van der Waals surface area contributed by atoms with Crippen LogP contribution >= 0.6 is 0 Å². The Morgan fingerprint density at radius 3 is 1.55 bits per heavy atom. The average molecular weight is 541 g/mol. The average Bonchev–Trinajstić information content (AvgIpc) is 2.92. The molecule has 0 aromatic rings. The van der Waals surface area contributed by atoms with E-state index >= 15 is 0 Å². The SMILES string of the molecule is CCC(C)(BN)OCC(C)C(C)(CC)C(C)(CC)OCCC(C)(CC)C(C)(CC)OCC(C)C(C)(N)CC. The molecule has 0 fully saturated rings. The Bertz CT molecular complexity index is 673. The molecule has 38 heavy (non-hydrogen) atoms. The van der Waals surface area contributed by atoms with E-state index in [2.05, 4.69) is 96.9 Å². The van der Waals surface area contributed by atoms with Gasteiger partial charge in [-0.1, -0.05) is 69.2 Å². The summed E-state index contributed by atoms with van der Waals surface area (Å²) < 4.78 is 20.0. The minimum Gasteiger partial charge on any atom is -0.382 e. The van der Waals surface area contributed by atoms with Crippen LogP contribution in [0, 0.1) is 22.7 Å². The van der Waals surface area contributed by atoms with Crippen molar-refractivity contribution in [2.24, 2.45) is 34.0 Å². The van der Waals surface area contributed by atoms with Crippen LogP contribution in [0.15, 0.2) is 0 Å². The highest BCUT2D eigenvalue weighted by Crippen LogP contribution is 2.48. The van der Waals surface area contributed by atoms with E-state index in [1.807, 2.05) is 0 Å². The zero-order valence-electron chi connectivity index (χ0n) is 28.3. The maximum atomic E-state index is 6.92. The minimum atomic E-state index is -0.268. The van der Waals surface area contributed by atoms with Gasteiger partial charge in [0.2, 0.25) is 7.41 Å². The van der Waals surface area contributed by atoms with E-state index < -0.39 is 0 Å². The molecule has 8 unspecified atom stereocenters. The van der Waals surface area contributed by atoms with Crippen molar-refractivity contribution >= 4 is 7.41 Å². The van der Waals surface area contributed by atoms with Crippen molar-refractivity contribution in [2.75, 3.05) is 19.8 Å². The number of rotatable bonds is 21. The van der Waals surface area contributed by atoms with Crippen LogP contribution in [0.4, 0.5) is 0 Å². The fourth-order valence-corrected chi connectivity index (χ4v) is 5.60. The van der Waals surface area contributed by atoms with Crippen molar-refractivity contribution in [2.45, 2.75) is 164 Å². The first-order chi connectivity index (χ1) is 17.4. The standard InChI is InChI=1S/C32H69BN2O3/c1-15-27(9,30(12,18-4)37-24-26(8)29(11,34)17-3)21-22-36-31(13,19-5)28(10,16-2)25(7)23-38-32(14,20-6)33-35/h25-26,33H,15-24,34-35H2,1-14H3. The summed E-state index contributed by atoms with van der Waals surface area (Å²) in [6.45, 7) is 33.6. The van der Waals surface area contributed by atoms with Crippen molar-refractivity contribution in [1.82, 2.24) is 0 Å². The van der Waals surface area contributed by atoms with Gasteiger partial charge in [0.15, 0.2) is 0 Å². The number of nitrogens with two attached hydrogens (primary N) is 2. The van der Waals surface area contributed by atoms with Gasteiger partial charge < -0.3 is 25.6 Å². The lowest BCUT2D eigenvalue weighted by Crippen LogP contribution is -2.53. The predicted molar refractivity (Wildman–Crippen MR) is 168 cm³/mol. The monoisotopic (exact) mass is 541 g/mol. The lowest BCUT2D eigenvalue weighted by atomic mass is 9.63. The van der Waals surface area contributed by atoms with Crippen molar-refractivity contribution in [1.29, 1.82) is 0 Å². The van der Waals surface area contributed by atoms with Crippen molar-refractivity contribution in [3.63, 3.8) is 0 Å². The molecular weight excluding hydrogens is 471 g/mol. The molecule has 0 aromatic carbocycles. The van der Waals surface area contributed by atoms with Crippen molar-refractivity contribution in [3.05, 3.63) is 0 Å². The van der Waals surface area contributed by atoms with Crippen LogP contribution in [0.5, 0.6) is 0 Å². The maximum Gasteiger partial charge on any atom is 0.235 e. The molecule has 0 aliphatic carbocycles. The van der Waals surface area contributed by atoms with Gasteiger partial charge in [0.1, 0.15) is 0 Å². The largest absolute Gasteiger partial charge is 0.382 e. The first-order valence-electron chi connectivity index (χ1n) is 15.8. The summed E-state index contributed by atoms with van der Waals surface area (Å²) in [6.07, 6.45) is 6.79. The van der Waals surface area contributed by atoms with Crippen LogP contribution in [0.3, 0.4) is 0 Å². The molecule has 0 aliphatic heterocycles. The third kappa shape index (κ3) is 8.68. The highest BCUT2D eigenvalue weighted by atomic mass is 16.5. The fraction of sp³-hybridized carbons (Fsp3) is 1.00. The number of ether oxygens (including phenoxy) is 3. The van der Waals surface area contributed by atoms with E-state index in [1.54, 1.807) is 0 Å². The second kappa shape index (κ2) is 15.2. The molecule has 0 radical (unpaired) electrons. The van der Waals surface area contributed by atoms with Gasteiger partial charge in [-0.3, -0.25) is 0 Å². The van der Waals surface area contributed by atoms with E-state index in [1.165, 1.54) is 0 Å². The molecule has 0 aliphatic rings. The third-order valence-electron chi connectivity index (χ3n) is 11.9. The molecule has 0 heterocycles. The Labute approximate surface area is 239 Å². The minimum absolute atomic E-state index is 0.00521. The summed E-state index contributed by atoms with van der Waals surface area (Å²) in [5, 5.41) is 0. The zero-order valence-corrected chi connectivity index (χ0v) is 28.3. The summed E-state index contributed by atoms with van der Waals surface area (Å²) >= 11 is 0. The Morgan fingerprint density at radius 2 is 1.16 bits per heavy atom. The molecular formula is C32H69BN2O3. The zero-order chi connectivity index (χ0) is 30.1. The molecule has 0 amide bonds. The molecule has 0 spiro atoms. The lowest BCUT2D eigenvalue weighted by molar-refractivity contribution is -0.177. The molecule has 0 saturated heterocycles. The van der Waals surface area contributed by atoms with E-state index in [9.17, 15) is 0 Å². The first kappa shape index (κ1) is 37.9. The summed E-state index contributed by atoms with van der Waals surface area (Å²) in [4.78, 5) is 0. The summed E-state index contributed by atoms with van der Waals surface area (Å²) in [7, 11) is 0.538. The van der Waals surface area contributed by atoms with Crippen LogP contribution in [0.25, 0.3) is 0 Å². The normalized spacial score (nSPS) is 23.6. The molecule has 0 aromatic heterocycles. The summed E-state index contributed by atoms with van der Waals surface area (Å²) in [6, 6.07) is 0. The van der Waals surface area contributed by atoms with Crippen LogP contribution in [-0.4, -0.2) is 49.5 Å². The molecule has 0 saturated carbocycles. The number of hydrogen-bond acceptors (Lipinski definition) is 5. The van der Waals surface area contributed by atoms with E-state index in [0.717, 1.165) is 44.9 Å². The van der Waals surface area contributed by atoms with Gasteiger partial charge in [0.25, 0.3) is 0 Å². The topological polar surface area (TPSA) is 79.7 Å². The smallest absolute Gasteiger partial charge is 0.235 e. The van der Waals surface area contributed by atoms with Gasteiger partial charge in [0, 0.05) is 24.2 Å². The second-order valence-electron chi connectivity index (χ2n) is 13.7. The second-order valence-corrected chi connectivity index (χ2v) is 13.7. The quantitative estimate of drug-likeness (QED) is 0.148. The summed E-state index contributed by atoms with van der Waals surface area (Å²) in [5.41, 5.74) is 11.5. The first-order valence-corrected chi connectivity index (χ1v) is 15.8. The highest BCUT2D eigenvalue weighted by Gasteiger charge is 2.49. The predicted octanol–water partition coefficient (Wildman–Crippen LogP) is 7.43. The van der Waals surface area contributed by atoms with Crippen LogP contribution in [-0.2, 0) is 14.2 Å². The number of hydrogen-bond donors (Lipinski definition) is 2. The molecule has 0 bridgehead atoms. The van der Waals surface area contributed by atoms with E-state index in [4.69, 9.17) is 25.6 Å².